The van der Waals surface area contributed by atoms with Gasteiger partial charge in [-0.25, -0.2) is 0 Å². The normalized spacial score (nSPS) is 10.4. The van der Waals surface area contributed by atoms with E-state index < -0.39 is 17.8 Å². The van der Waals surface area contributed by atoms with Crippen LogP contribution in [-0.4, -0.2) is 29.4 Å². The number of carbonyl (C=O) groups excluding carboxylic acids is 2. The smallest absolute Gasteiger partial charge is 0.305 e. The van der Waals surface area contributed by atoms with E-state index in [-0.39, 0.29) is 18.5 Å². The third-order valence-electron chi connectivity index (χ3n) is 2.54. The first-order valence-corrected chi connectivity index (χ1v) is 6.20. The van der Waals surface area contributed by atoms with Crippen molar-refractivity contribution in [2.75, 3.05) is 11.9 Å². The summed E-state index contributed by atoms with van der Waals surface area (Å²) in [7, 11) is 0. The van der Waals surface area contributed by atoms with Crippen molar-refractivity contribution in [2.45, 2.75) is 6.42 Å². The molecule has 0 aliphatic heterocycles. The van der Waals surface area contributed by atoms with Gasteiger partial charge in [0.05, 0.1) is 6.42 Å². The van der Waals surface area contributed by atoms with E-state index in [0.29, 0.717) is 11.3 Å². The number of nitrogens with one attached hydrogen (secondary N) is 2. The number of nitrogens with two attached hydrogens (primary N) is 1. The van der Waals surface area contributed by atoms with Crippen LogP contribution in [0.4, 0.5) is 5.69 Å². The van der Waals surface area contributed by atoms with Crippen LogP contribution in [0.1, 0.15) is 16.8 Å². The van der Waals surface area contributed by atoms with Gasteiger partial charge in [0.2, 0.25) is 5.91 Å². The first kappa shape index (κ1) is 16.7. The van der Waals surface area contributed by atoms with E-state index in [9.17, 15) is 14.4 Å². The van der Waals surface area contributed by atoms with Gasteiger partial charge in [0.1, 0.15) is 11.6 Å². The zero-order valence-corrected chi connectivity index (χ0v) is 11.5. The van der Waals surface area contributed by atoms with Crippen LogP contribution in [0.2, 0.25) is 0 Å². The van der Waals surface area contributed by atoms with Crippen molar-refractivity contribution in [3.05, 3.63) is 41.6 Å². The molecule has 0 atom stereocenters. The van der Waals surface area contributed by atoms with E-state index in [2.05, 4.69) is 10.6 Å². The van der Waals surface area contributed by atoms with Crippen molar-refractivity contribution < 1.29 is 19.5 Å². The Balaban J connectivity index is 2.64. The van der Waals surface area contributed by atoms with Gasteiger partial charge >= 0.3 is 5.97 Å². The number of hydrogen-bond donors (Lipinski definition) is 4. The van der Waals surface area contributed by atoms with Crippen LogP contribution >= 0.6 is 0 Å². The quantitative estimate of drug-likeness (QED) is 0.418. The Morgan fingerprint density at radius 1 is 1.27 bits per heavy atom. The molecule has 0 radical (unpaired) electrons. The molecular formula is C14H14N4O4. The van der Waals surface area contributed by atoms with Crippen LogP contribution in [0.5, 0.6) is 0 Å². The highest BCUT2D eigenvalue weighted by Crippen LogP contribution is 2.09. The van der Waals surface area contributed by atoms with Gasteiger partial charge in [-0.1, -0.05) is 0 Å². The SMILES string of the molecule is N#C/C(=C/Nc1ccc(C(N)=O)cc1)C(=O)NCCC(=O)O. The molecule has 2 amide bonds. The minimum atomic E-state index is -1.05. The predicted octanol–water partition coefficient (Wildman–Crippen LogP) is 0.196. The summed E-state index contributed by atoms with van der Waals surface area (Å²) >= 11 is 0. The number of carbonyl (C=O) groups is 3. The standard InChI is InChI=1S/C14H14N4O4/c15-7-10(14(22)17-6-5-12(19)20)8-18-11-3-1-9(2-4-11)13(16)21/h1-4,8,18H,5-6H2,(H2,16,21)(H,17,22)(H,19,20)/b10-8-. The van der Waals surface area contributed by atoms with E-state index in [1.54, 1.807) is 18.2 Å². The highest BCUT2D eigenvalue weighted by Gasteiger charge is 2.09. The molecule has 0 saturated carbocycles. The lowest BCUT2D eigenvalue weighted by atomic mass is 10.2. The summed E-state index contributed by atoms with van der Waals surface area (Å²) in [4.78, 5) is 32.9. The number of carboxylic acids is 1. The molecule has 0 aliphatic carbocycles. The average molecular weight is 302 g/mol. The molecule has 0 aliphatic rings. The summed E-state index contributed by atoms with van der Waals surface area (Å²) in [5, 5.41) is 22.4. The minimum Gasteiger partial charge on any atom is -0.481 e. The Morgan fingerprint density at radius 2 is 1.91 bits per heavy atom. The van der Waals surface area contributed by atoms with Crippen LogP contribution in [0, 0.1) is 11.3 Å². The molecule has 5 N–H and O–H groups in total. The first-order valence-electron chi connectivity index (χ1n) is 6.20. The van der Waals surface area contributed by atoms with Crippen molar-refractivity contribution >= 4 is 23.5 Å². The van der Waals surface area contributed by atoms with Gasteiger partial charge in [-0.3, -0.25) is 14.4 Å². The molecule has 0 saturated heterocycles. The number of aliphatic carboxylic acids is 1. The maximum Gasteiger partial charge on any atom is 0.305 e. The molecule has 1 aromatic rings. The molecule has 8 nitrogen and oxygen atoms in total. The van der Waals surface area contributed by atoms with Crippen LogP contribution in [0.15, 0.2) is 36.0 Å². The number of rotatable bonds is 7. The molecule has 1 aromatic carbocycles. The average Bonchev–Trinajstić information content (AvgIpc) is 2.48. The van der Waals surface area contributed by atoms with E-state index in [1.807, 2.05) is 0 Å². The molecule has 0 bridgehead atoms. The molecule has 0 spiro atoms. The largest absolute Gasteiger partial charge is 0.481 e. The summed E-state index contributed by atoms with van der Waals surface area (Å²) in [5.41, 5.74) is 5.79. The molecule has 114 valence electrons. The number of anilines is 1. The third kappa shape index (κ3) is 5.34. The second-order valence-electron chi connectivity index (χ2n) is 4.16. The summed E-state index contributed by atoms with van der Waals surface area (Å²) in [6.07, 6.45) is 0.960. The number of nitrogens with zero attached hydrogens (tertiary/aromatic N) is 1. The number of nitriles is 1. The summed E-state index contributed by atoms with van der Waals surface area (Å²) in [6.45, 7) is -0.0690. The van der Waals surface area contributed by atoms with E-state index in [4.69, 9.17) is 16.1 Å². The number of primary amides is 1. The number of benzene rings is 1. The maximum atomic E-state index is 11.6. The molecular weight excluding hydrogens is 288 g/mol. The summed E-state index contributed by atoms with van der Waals surface area (Å²) in [6, 6.07) is 7.83. The lowest BCUT2D eigenvalue weighted by Crippen LogP contribution is -2.27. The Morgan fingerprint density at radius 3 is 2.41 bits per heavy atom. The zero-order chi connectivity index (χ0) is 16.5. The zero-order valence-electron chi connectivity index (χ0n) is 11.5. The van der Waals surface area contributed by atoms with Gasteiger partial charge in [-0.15, -0.1) is 0 Å². The van der Waals surface area contributed by atoms with E-state index in [1.165, 1.54) is 18.3 Å². The fourth-order valence-corrected chi connectivity index (χ4v) is 1.41. The maximum absolute atomic E-state index is 11.6. The highest BCUT2D eigenvalue weighted by atomic mass is 16.4. The summed E-state index contributed by atoms with van der Waals surface area (Å²) in [5.74, 6) is -2.28. The van der Waals surface area contributed by atoms with E-state index >= 15 is 0 Å². The monoisotopic (exact) mass is 302 g/mol. The molecule has 0 aromatic heterocycles. The molecule has 8 heteroatoms. The van der Waals surface area contributed by atoms with Gasteiger partial charge in [0.15, 0.2) is 0 Å². The van der Waals surface area contributed by atoms with Gasteiger partial charge in [0.25, 0.3) is 5.91 Å². The Hall–Kier alpha value is -3.34. The van der Waals surface area contributed by atoms with Gasteiger partial charge in [-0.05, 0) is 24.3 Å². The molecule has 0 heterocycles. The van der Waals surface area contributed by atoms with Gasteiger partial charge in [-0.2, -0.15) is 5.26 Å². The topological polar surface area (TPSA) is 145 Å². The number of amides is 2. The fraction of sp³-hybridized carbons (Fsp3) is 0.143. The lowest BCUT2D eigenvalue weighted by Gasteiger charge is -2.04. The third-order valence-corrected chi connectivity index (χ3v) is 2.54. The van der Waals surface area contributed by atoms with Gasteiger partial charge < -0.3 is 21.5 Å². The lowest BCUT2D eigenvalue weighted by molar-refractivity contribution is -0.136. The van der Waals surface area contributed by atoms with Crippen LogP contribution in [0.3, 0.4) is 0 Å². The Bertz CT molecular complexity index is 644. The highest BCUT2D eigenvalue weighted by molar-refractivity contribution is 5.97. The van der Waals surface area contributed by atoms with Gasteiger partial charge in [0, 0.05) is 24.0 Å². The number of carboxylic acid groups (broad SMARTS) is 1. The van der Waals surface area contributed by atoms with Crippen molar-refractivity contribution in [2.24, 2.45) is 5.73 Å². The molecule has 0 fully saturated rings. The van der Waals surface area contributed by atoms with Crippen molar-refractivity contribution in [3.8, 4) is 6.07 Å². The molecule has 1 rings (SSSR count). The molecule has 0 unspecified atom stereocenters. The van der Waals surface area contributed by atoms with Crippen LogP contribution in [-0.2, 0) is 9.59 Å². The first-order chi connectivity index (χ1) is 10.4. The van der Waals surface area contributed by atoms with Crippen molar-refractivity contribution in [1.29, 1.82) is 5.26 Å². The predicted molar refractivity (Wildman–Crippen MR) is 77.5 cm³/mol. The second-order valence-corrected chi connectivity index (χ2v) is 4.16. The Kier molecular flexibility index (Phi) is 6.12. The summed E-state index contributed by atoms with van der Waals surface area (Å²) < 4.78 is 0. The fourth-order valence-electron chi connectivity index (χ4n) is 1.41. The van der Waals surface area contributed by atoms with Crippen molar-refractivity contribution in [1.82, 2.24) is 5.32 Å². The Labute approximate surface area is 126 Å². The van der Waals surface area contributed by atoms with E-state index in [0.717, 1.165) is 0 Å². The van der Waals surface area contributed by atoms with Crippen molar-refractivity contribution in [3.63, 3.8) is 0 Å². The second kappa shape index (κ2) is 8.06. The number of hydrogen-bond acceptors (Lipinski definition) is 5. The minimum absolute atomic E-state index is 0.0690. The van der Waals surface area contributed by atoms with Crippen LogP contribution in [0.25, 0.3) is 0 Å². The molecule has 22 heavy (non-hydrogen) atoms. The van der Waals surface area contributed by atoms with Crippen LogP contribution < -0.4 is 16.4 Å².